The number of para-hydroxylation sites is 1. The van der Waals surface area contributed by atoms with Crippen LogP contribution in [0.1, 0.15) is 24.2 Å². The molecular weight excluding hydrogens is 438 g/mol. The third-order valence-corrected chi connectivity index (χ3v) is 6.63. The van der Waals surface area contributed by atoms with Gasteiger partial charge in [0.1, 0.15) is 12.4 Å². The Hall–Kier alpha value is -2.53. The average molecular weight is 466 g/mol. The van der Waals surface area contributed by atoms with Gasteiger partial charge in [0, 0.05) is 25.9 Å². The molecule has 1 amide bonds. The van der Waals surface area contributed by atoms with E-state index < -0.39 is 15.9 Å². The number of anilines is 1. The number of amides is 1. The molecule has 2 N–H and O–H groups in total. The van der Waals surface area contributed by atoms with E-state index in [0.29, 0.717) is 43.3 Å². The van der Waals surface area contributed by atoms with Crippen LogP contribution in [0.2, 0.25) is 0 Å². The monoisotopic (exact) mass is 465 g/mol. The fourth-order valence-electron chi connectivity index (χ4n) is 2.77. The molecule has 8 nitrogen and oxygen atoms in total. The summed E-state index contributed by atoms with van der Waals surface area (Å²) in [5.41, 5.74) is 0.886. The SMILES string of the molecule is CCN(CC)S(=O)(=O)c1ccc(NC(=S)NC(=O)c2ccccc2OCCOC)cc1. The lowest BCUT2D eigenvalue weighted by Crippen LogP contribution is -2.34. The number of hydrogen-bond donors (Lipinski definition) is 2. The predicted molar refractivity (Wildman–Crippen MR) is 124 cm³/mol. The van der Waals surface area contributed by atoms with Gasteiger partial charge in [0.25, 0.3) is 5.91 Å². The molecule has 10 heteroatoms. The van der Waals surface area contributed by atoms with Gasteiger partial charge in [0.05, 0.1) is 17.1 Å². The Balaban J connectivity index is 2.03. The van der Waals surface area contributed by atoms with Gasteiger partial charge in [-0.15, -0.1) is 0 Å². The molecule has 31 heavy (non-hydrogen) atoms. The minimum absolute atomic E-state index is 0.0797. The molecule has 0 heterocycles. The molecule has 0 unspecified atom stereocenters. The number of benzene rings is 2. The Labute approximate surface area is 188 Å². The van der Waals surface area contributed by atoms with E-state index >= 15 is 0 Å². The third-order valence-electron chi connectivity index (χ3n) is 4.36. The van der Waals surface area contributed by atoms with E-state index in [1.54, 1.807) is 57.4 Å². The maximum atomic E-state index is 12.6. The van der Waals surface area contributed by atoms with Crippen molar-refractivity contribution in [3.05, 3.63) is 54.1 Å². The van der Waals surface area contributed by atoms with Crippen molar-refractivity contribution in [2.75, 3.05) is 38.7 Å². The first-order valence-electron chi connectivity index (χ1n) is 9.76. The van der Waals surface area contributed by atoms with Crippen molar-refractivity contribution in [3.8, 4) is 5.75 Å². The quantitative estimate of drug-likeness (QED) is 0.411. The van der Waals surface area contributed by atoms with Crippen LogP contribution in [0.15, 0.2) is 53.4 Å². The van der Waals surface area contributed by atoms with Gasteiger partial charge in [-0.3, -0.25) is 10.1 Å². The molecule has 2 aromatic rings. The fraction of sp³-hybridized carbons (Fsp3) is 0.333. The lowest BCUT2D eigenvalue weighted by Gasteiger charge is -2.18. The number of thiocarbonyl (C=S) groups is 1. The summed E-state index contributed by atoms with van der Waals surface area (Å²) in [4.78, 5) is 12.8. The summed E-state index contributed by atoms with van der Waals surface area (Å²) in [5, 5.41) is 5.56. The second-order valence-corrected chi connectivity index (χ2v) is 8.71. The van der Waals surface area contributed by atoms with Crippen LogP contribution in [0.25, 0.3) is 0 Å². The zero-order valence-corrected chi connectivity index (χ0v) is 19.4. The van der Waals surface area contributed by atoms with Crippen molar-refractivity contribution in [2.24, 2.45) is 0 Å². The molecule has 0 fully saturated rings. The average Bonchev–Trinajstić information content (AvgIpc) is 2.75. The first-order chi connectivity index (χ1) is 14.8. The zero-order valence-electron chi connectivity index (χ0n) is 17.8. The molecule has 2 rings (SSSR count). The number of methoxy groups -OCH3 is 1. The van der Waals surface area contributed by atoms with Crippen molar-refractivity contribution in [1.29, 1.82) is 0 Å². The lowest BCUT2D eigenvalue weighted by atomic mass is 10.2. The molecule has 0 atom stereocenters. The molecule has 0 aromatic heterocycles. The van der Waals surface area contributed by atoms with E-state index in [-0.39, 0.29) is 10.0 Å². The molecular formula is C21H27N3O5S2. The van der Waals surface area contributed by atoms with Gasteiger partial charge >= 0.3 is 0 Å². The summed E-state index contributed by atoms with van der Waals surface area (Å²) in [5.74, 6) is -0.00272. The van der Waals surface area contributed by atoms with Crippen molar-refractivity contribution < 1.29 is 22.7 Å². The van der Waals surface area contributed by atoms with Crippen molar-refractivity contribution in [3.63, 3.8) is 0 Å². The van der Waals surface area contributed by atoms with E-state index in [1.807, 2.05) is 0 Å². The number of hydrogen-bond acceptors (Lipinski definition) is 6. The van der Waals surface area contributed by atoms with Crippen LogP contribution in [-0.2, 0) is 14.8 Å². The van der Waals surface area contributed by atoms with E-state index in [2.05, 4.69) is 10.6 Å². The Morgan fingerprint density at radius 1 is 1.03 bits per heavy atom. The molecule has 0 aliphatic heterocycles. The molecule has 0 spiro atoms. The van der Waals surface area contributed by atoms with Gasteiger partial charge in [-0.25, -0.2) is 8.42 Å². The minimum Gasteiger partial charge on any atom is -0.490 e. The summed E-state index contributed by atoms with van der Waals surface area (Å²) in [6.45, 7) is 5.08. The highest BCUT2D eigenvalue weighted by Gasteiger charge is 2.21. The maximum absolute atomic E-state index is 12.6. The first-order valence-corrected chi connectivity index (χ1v) is 11.6. The summed E-state index contributed by atoms with van der Waals surface area (Å²) in [7, 11) is -1.97. The number of carbonyl (C=O) groups excluding carboxylic acids is 1. The van der Waals surface area contributed by atoms with Gasteiger partial charge in [-0.1, -0.05) is 26.0 Å². The van der Waals surface area contributed by atoms with Gasteiger partial charge < -0.3 is 14.8 Å². The van der Waals surface area contributed by atoms with Gasteiger partial charge in [0.2, 0.25) is 10.0 Å². The molecule has 2 aromatic carbocycles. The molecule has 0 radical (unpaired) electrons. The molecule has 0 bridgehead atoms. The van der Waals surface area contributed by atoms with E-state index in [1.165, 1.54) is 16.4 Å². The van der Waals surface area contributed by atoms with Crippen molar-refractivity contribution in [2.45, 2.75) is 18.7 Å². The van der Waals surface area contributed by atoms with Gasteiger partial charge in [0.15, 0.2) is 5.11 Å². The zero-order chi connectivity index (χ0) is 22.9. The second-order valence-electron chi connectivity index (χ2n) is 6.36. The van der Waals surface area contributed by atoms with Crippen LogP contribution in [-0.4, -0.2) is 57.2 Å². The van der Waals surface area contributed by atoms with Gasteiger partial charge in [-0.05, 0) is 48.6 Å². The first kappa shape index (κ1) is 24.7. The van der Waals surface area contributed by atoms with Crippen LogP contribution in [0, 0.1) is 0 Å². The second kappa shape index (κ2) is 11.8. The maximum Gasteiger partial charge on any atom is 0.261 e. The highest BCUT2D eigenvalue weighted by atomic mass is 32.2. The van der Waals surface area contributed by atoms with E-state index in [4.69, 9.17) is 21.7 Å². The van der Waals surface area contributed by atoms with E-state index in [0.717, 1.165) is 0 Å². The molecule has 168 valence electrons. The summed E-state index contributed by atoms with van der Waals surface area (Å²) >= 11 is 5.22. The lowest BCUT2D eigenvalue weighted by molar-refractivity contribution is 0.0970. The Kier molecular flexibility index (Phi) is 9.38. The number of sulfonamides is 1. The minimum atomic E-state index is -3.54. The molecule has 0 saturated carbocycles. The highest BCUT2D eigenvalue weighted by molar-refractivity contribution is 7.89. The van der Waals surface area contributed by atoms with Crippen molar-refractivity contribution in [1.82, 2.24) is 9.62 Å². The van der Waals surface area contributed by atoms with Crippen LogP contribution < -0.4 is 15.4 Å². The number of carbonyl (C=O) groups is 1. The normalized spacial score (nSPS) is 11.2. The standard InChI is InChI=1S/C21H27N3O5S2/c1-4-24(5-2)31(26,27)17-12-10-16(11-13-17)22-21(30)23-20(25)18-8-6-7-9-19(18)29-15-14-28-3/h6-13H,4-5,14-15H2,1-3H3,(H2,22,23,25,30). The molecule has 0 aliphatic rings. The number of nitrogens with zero attached hydrogens (tertiary/aromatic N) is 1. The van der Waals surface area contributed by atoms with Crippen LogP contribution in [0.3, 0.4) is 0 Å². The van der Waals surface area contributed by atoms with Crippen LogP contribution >= 0.6 is 12.2 Å². The summed E-state index contributed by atoms with van der Waals surface area (Å²) < 4.78 is 37.0. The Morgan fingerprint density at radius 2 is 1.68 bits per heavy atom. The predicted octanol–water partition coefficient (Wildman–Crippen LogP) is 2.87. The van der Waals surface area contributed by atoms with Crippen LogP contribution in [0.4, 0.5) is 5.69 Å². The van der Waals surface area contributed by atoms with Gasteiger partial charge in [-0.2, -0.15) is 4.31 Å². The highest BCUT2D eigenvalue weighted by Crippen LogP contribution is 2.19. The third kappa shape index (κ3) is 6.73. The number of nitrogens with one attached hydrogen (secondary N) is 2. The number of ether oxygens (including phenoxy) is 2. The Bertz CT molecular complexity index is 990. The fourth-order valence-corrected chi connectivity index (χ4v) is 4.44. The van der Waals surface area contributed by atoms with Crippen molar-refractivity contribution >= 4 is 38.9 Å². The summed E-state index contributed by atoms with van der Waals surface area (Å²) in [6, 6.07) is 13.0. The van der Waals surface area contributed by atoms with Crippen LogP contribution in [0.5, 0.6) is 5.75 Å². The van der Waals surface area contributed by atoms with E-state index in [9.17, 15) is 13.2 Å². The largest absolute Gasteiger partial charge is 0.490 e. The molecule has 0 aliphatic carbocycles. The number of rotatable bonds is 10. The Morgan fingerprint density at radius 3 is 2.29 bits per heavy atom. The molecule has 0 saturated heterocycles. The smallest absolute Gasteiger partial charge is 0.261 e. The summed E-state index contributed by atoms with van der Waals surface area (Å²) in [6.07, 6.45) is 0. The topological polar surface area (TPSA) is 97.0 Å².